The minimum atomic E-state index is -0.419. The zero-order valence-corrected chi connectivity index (χ0v) is 12.6. The number of benzene rings is 1. The van der Waals surface area contributed by atoms with E-state index in [1.807, 2.05) is 24.3 Å². The van der Waals surface area contributed by atoms with Crippen LogP contribution in [0.15, 0.2) is 30.3 Å². The topological polar surface area (TPSA) is 65.5 Å². The van der Waals surface area contributed by atoms with E-state index in [1.165, 1.54) is 0 Å². The summed E-state index contributed by atoms with van der Waals surface area (Å²) >= 11 is 0. The summed E-state index contributed by atoms with van der Waals surface area (Å²) in [7, 11) is 3.51. The lowest BCUT2D eigenvalue weighted by Crippen LogP contribution is -2.30. The second-order valence-electron chi connectivity index (χ2n) is 5.19. The van der Waals surface area contributed by atoms with Crippen molar-refractivity contribution in [2.24, 2.45) is 0 Å². The second kappa shape index (κ2) is 6.54. The Bertz CT molecular complexity index is 640. The van der Waals surface area contributed by atoms with Crippen molar-refractivity contribution < 1.29 is 9.90 Å². The van der Waals surface area contributed by atoms with Gasteiger partial charge in [0.05, 0.1) is 6.10 Å². The van der Waals surface area contributed by atoms with Crippen molar-refractivity contribution in [1.29, 1.82) is 0 Å². The molecule has 0 radical (unpaired) electrons. The van der Waals surface area contributed by atoms with Gasteiger partial charge in [0, 0.05) is 26.0 Å². The maximum absolute atomic E-state index is 12.4. The average molecular weight is 287 g/mol. The molecule has 2 N–H and O–H groups in total. The van der Waals surface area contributed by atoms with E-state index in [-0.39, 0.29) is 5.91 Å². The van der Waals surface area contributed by atoms with Crippen LogP contribution in [0.3, 0.4) is 0 Å². The molecule has 5 nitrogen and oxygen atoms in total. The van der Waals surface area contributed by atoms with Gasteiger partial charge in [-0.15, -0.1) is 0 Å². The number of pyridine rings is 1. The number of aliphatic hydroxyl groups is 1. The predicted molar refractivity (Wildman–Crippen MR) is 84.5 cm³/mol. The van der Waals surface area contributed by atoms with E-state index in [0.29, 0.717) is 24.5 Å². The molecule has 0 spiro atoms. The fourth-order valence-electron chi connectivity index (χ4n) is 2.18. The number of anilines is 1. The van der Waals surface area contributed by atoms with E-state index < -0.39 is 6.10 Å². The Labute approximate surface area is 124 Å². The van der Waals surface area contributed by atoms with Crippen LogP contribution in [0.2, 0.25) is 0 Å². The molecular weight excluding hydrogens is 266 g/mol. The lowest BCUT2D eigenvalue weighted by Gasteiger charge is -2.18. The van der Waals surface area contributed by atoms with Gasteiger partial charge >= 0.3 is 0 Å². The number of amides is 1. The van der Waals surface area contributed by atoms with Crippen molar-refractivity contribution in [3.63, 3.8) is 0 Å². The van der Waals surface area contributed by atoms with Crippen molar-refractivity contribution in [3.8, 4) is 0 Å². The number of nitrogens with one attached hydrogen (secondary N) is 1. The van der Waals surface area contributed by atoms with Gasteiger partial charge < -0.3 is 15.3 Å². The molecule has 1 unspecified atom stereocenters. The summed E-state index contributed by atoms with van der Waals surface area (Å²) in [6, 6.07) is 9.62. The number of carbonyl (C=O) groups is 1. The molecule has 1 aromatic carbocycles. The molecule has 0 aliphatic rings. The van der Waals surface area contributed by atoms with Crippen molar-refractivity contribution in [2.75, 3.05) is 26.0 Å². The first-order chi connectivity index (χ1) is 10.0. The smallest absolute Gasteiger partial charge is 0.272 e. The number of aliphatic hydroxyl groups excluding tert-OH is 1. The maximum atomic E-state index is 12.4. The van der Waals surface area contributed by atoms with E-state index in [4.69, 9.17) is 0 Å². The molecule has 21 heavy (non-hydrogen) atoms. The van der Waals surface area contributed by atoms with E-state index in [0.717, 1.165) is 10.8 Å². The van der Waals surface area contributed by atoms with Gasteiger partial charge in [0.2, 0.25) is 0 Å². The molecule has 5 heteroatoms. The highest BCUT2D eigenvalue weighted by Crippen LogP contribution is 2.22. The largest absolute Gasteiger partial charge is 0.393 e. The van der Waals surface area contributed by atoms with Gasteiger partial charge in [-0.05, 0) is 24.8 Å². The van der Waals surface area contributed by atoms with Gasteiger partial charge in [-0.1, -0.05) is 24.3 Å². The number of hydrogen-bond donors (Lipinski definition) is 2. The standard InChI is InChI=1S/C16H21N3O2/c1-11(20)8-9-19(3)16(21)14-10-12-6-4-5-7-13(12)15(17-2)18-14/h4-7,10-11,20H,8-9H2,1-3H3,(H,17,18). The van der Waals surface area contributed by atoms with E-state index in [2.05, 4.69) is 10.3 Å². The first kappa shape index (κ1) is 15.3. The quantitative estimate of drug-likeness (QED) is 0.884. The number of aromatic nitrogens is 1. The molecule has 0 aliphatic heterocycles. The van der Waals surface area contributed by atoms with E-state index in [1.54, 1.807) is 32.0 Å². The molecule has 1 heterocycles. The van der Waals surface area contributed by atoms with Gasteiger partial charge in [0.25, 0.3) is 5.91 Å². The van der Waals surface area contributed by atoms with Gasteiger partial charge in [0.15, 0.2) is 0 Å². The molecule has 0 saturated heterocycles. The van der Waals surface area contributed by atoms with Crippen molar-refractivity contribution in [2.45, 2.75) is 19.4 Å². The number of hydrogen-bond acceptors (Lipinski definition) is 4. The molecule has 2 rings (SSSR count). The summed E-state index contributed by atoms with van der Waals surface area (Å²) in [6.07, 6.45) is 0.131. The molecule has 0 aliphatic carbocycles. The number of carbonyl (C=O) groups excluding carboxylic acids is 1. The summed E-state index contributed by atoms with van der Waals surface area (Å²) < 4.78 is 0. The van der Waals surface area contributed by atoms with Crippen LogP contribution >= 0.6 is 0 Å². The Morgan fingerprint density at radius 3 is 2.81 bits per heavy atom. The second-order valence-corrected chi connectivity index (χ2v) is 5.19. The molecule has 2 aromatic rings. The molecule has 0 bridgehead atoms. The van der Waals surface area contributed by atoms with Crippen LogP contribution < -0.4 is 5.32 Å². The van der Waals surface area contributed by atoms with Crippen LogP contribution in [-0.2, 0) is 0 Å². The van der Waals surface area contributed by atoms with Crippen molar-refractivity contribution in [1.82, 2.24) is 9.88 Å². The molecule has 1 aromatic heterocycles. The normalized spacial score (nSPS) is 12.2. The monoisotopic (exact) mass is 287 g/mol. The first-order valence-electron chi connectivity index (χ1n) is 7.04. The van der Waals surface area contributed by atoms with Crippen LogP contribution in [-0.4, -0.2) is 47.6 Å². The SMILES string of the molecule is CNc1nc(C(=O)N(C)CCC(C)O)cc2ccccc12. The van der Waals surface area contributed by atoms with Crippen LogP contribution in [0.4, 0.5) is 5.82 Å². The summed E-state index contributed by atoms with van der Waals surface area (Å²) in [5.74, 6) is 0.554. The lowest BCUT2D eigenvalue weighted by molar-refractivity contribution is 0.0763. The summed E-state index contributed by atoms with van der Waals surface area (Å²) in [5.41, 5.74) is 0.408. The zero-order chi connectivity index (χ0) is 15.4. The van der Waals surface area contributed by atoms with Gasteiger partial charge in [0.1, 0.15) is 11.5 Å². The number of rotatable bonds is 5. The van der Waals surface area contributed by atoms with E-state index in [9.17, 15) is 9.90 Å². The molecule has 1 amide bonds. The Balaban J connectivity index is 2.31. The molecule has 0 fully saturated rings. The highest BCUT2D eigenvalue weighted by molar-refractivity contribution is 6.00. The first-order valence-corrected chi connectivity index (χ1v) is 7.04. The van der Waals surface area contributed by atoms with Crippen molar-refractivity contribution in [3.05, 3.63) is 36.0 Å². The zero-order valence-electron chi connectivity index (χ0n) is 12.6. The van der Waals surface area contributed by atoms with Crippen LogP contribution in [0.25, 0.3) is 10.8 Å². The number of nitrogens with zero attached hydrogens (tertiary/aromatic N) is 2. The third-order valence-electron chi connectivity index (χ3n) is 3.43. The van der Waals surface area contributed by atoms with Gasteiger partial charge in [-0.3, -0.25) is 4.79 Å². The van der Waals surface area contributed by atoms with Crippen LogP contribution in [0.5, 0.6) is 0 Å². The van der Waals surface area contributed by atoms with Crippen LogP contribution in [0.1, 0.15) is 23.8 Å². The molecular formula is C16H21N3O2. The summed E-state index contributed by atoms with van der Waals surface area (Å²) in [6.45, 7) is 2.21. The Hall–Kier alpha value is -2.14. The summed E-state index contributed by atoms with van der Waals surface area (Å²) in [4.78, 5) is 18.4. The highest BCUT2D eigenvalue weighted by Gasteiger charge is 2.16. The van der Waals surface area contributed by atoms with E-state index >= 15 is 0 Å². The maximum Gasteiger partial charge on any atom is 0.272 e. The third kappa shape index (κ3) is 3.49. The van der Waals surface area contributed by atoms with Gasteiger partial charge in [-0.25, -0.2) is 4.98 Å². The fraction of sp³-hybridized carbons (Fsp3) is 0.375. The minimum Gasteiger partial charge on any atom is -0.393 e. The molecule has 1 atom stereocenters. The fourth-order valence-corrected chi connectivity index (χ4v) is 2.18. The summed E-state index contributed by atoms with van der Waals surface area (Å²) in [5, 5.41) is 14.3. The van der Waals surface area contributed by atoms with Gasteiger partial charge in [-0.2, -0.15) is 0 Å². The average Bonchev–Trinajstić information content (AvgIpc) is 2.50. The van der Waals surface area contributed by atoms with Crippen molar-refractivity contribution >= 4 is 22.5 Å². The molecule has 112 valence electrons. The Morgan fingerprint density at radius 2 is 2.14 bits per heavy atom. The Morgan fingerprint density at radius 1 is 1.43 bits per heavy atom. The number of fused-ring (bicyclic) bond motifs is 1. The van der Waals surface area contributed by atoms with Crippen LogP contribution in [0, 0.1) is 0 Å². The lowest BCUT2D eigenvalue weighted by atomic mass is 10.1. The minimum absolute atomic E-state index is 0.141. The predicted octanol–water partition coefficient (Wildman–Crippen LogP) is 2.12. The molecule has 0 saturated carbocycles. The third-order valence-corrected chi connectivity index (χ3v) is 3.43. The highest BCUT2D eigenvalue weighted by atomic mass is 16.3. The Kier molecular flexibility index (Phi) is 4.75.